The molecular formula is C14H17NO3. The van der Waals surface area contributed by atoms with Gasteiger partial charge in [-0.1, -0.05) is 30.3 Å². The molecule has 1 N–H and O–H groups in total. The van der Waals surface area contributed by atoms with Gasteiger partial charge < -0.3 is 10.0 Å². The Morgan fingerprint density at radius 2 is 1.89 bits per heavy atom. The number of carbonyl (C=O) groups is 2. The summed E-state index contributed by atoms with van der Waals surface area (Å²) in [5.41, 5.74) is 1.06. The van der Waals surface area contributed by atoms with Crippen LogP contribution in [0, 0.1) is 11.8 Å². The molecule has 1 fully saturated rings. The minimum absolute atomic E-state index is 0.0336. The van der Waals surface area contributed by atoms with Gasteiger partial charge in [-0.3, -0.25) is 9.59 Å². The van der Waals surface area contributed by atoms with Crippen LogP contribution in [-0.2, 0) is 9.59 Å². The van der Waals surface area contributed by atoms with Crippen LogP contribution in [0.15, 0.2) is 30.3 Å². The molecule has 3 atom stereocenters. The highest BCUT2D eigenvalue weighted by Crippen LogP contribution is 2.41. The van der Waals surface area contributed by atoms with E-state index in [0.29, 0.717) is 6.42 Å². The Bertz CT molecular complexity index is 457. The number of amides is 1. The molecule has 0 aromatic heterocycles. The van der Waals surface area contributed by atoms with Crippen molar-refractivity contribution < 1.29 is 14.7 Å². The SMILES string of the molecule is CC(c1ccccc1)N(C)C(=O)C1CC1C(=O)O. The van der Waals surface area contributed by atoms with Crippen LogP contribution in [0.4, 0.5) is 0 Å². The molecule has 0 aliphatic heterocycles. The van der Waals surface area contributed by atoms with Crippen molar-refractivity contribution in [1.29, 1.82) is 0 Å². The van der Waals surface area contributed by atoms with Gasteiger partial charge in [-0.05, 0) is 18.9 Å². The quantitative estimate of drug-likeness (QED) is 0.884. The molecule has 4 heteroatoms. The number of rotatable bonds is 4. The summed E-state index contributed by atoms with van der Waals surface area (Å²) >= 11 is 0. The first-order valence-corrected chi connectivity index (χ1v) is 6.06. The molecule has 1 aliphatic carbocycles. The first-order chi connectivity index (χ1) is 8.52. The number of hydrogen-bond donors (Lipinski definition) is 1. The average molecular weight is 247 g/mol. The maximum atomic E-state index is 12.1. The lowest BCUT2D eigenvalue weighted by Crippen LogP contribution is -2.31. The highest BCUT2D eigenvalue weighted by molar-refractivity contribution is 5.89. The lowest BCUT2D eigenvalue weighted by Gasteiger charge is -2.25. The molecule has 0 bridgehead atoms. The van der Waals surface area contributed by atoms with Gasteiger partial charge >= 0.3 is 5.97 Å². The van der Waals surface area contributed by atoms with Gasteiger partial charge in [-0.2, -0.15) is 0 Å². The monoisotopic (exact) mass is 247 g/mol. The lowest BCUT2D eigenvalue weighted by molar-refractivity contribution is -0.142. The Morgan fingerprint density at radius 1 is 1.28 bits per heavy atom. The van der Waals surface area contributed by atoms with E-state index in [4.69, 9.17) is 5.11 Å². The number of carboxylic acid groups (broad SMARTS) is 1. The summed E-state index contributed by atoms with van der Waals surface area (Å²) in [6.45, 7) is 1.95. The third-order valence-electron chi connectivity index (χ3n) is 3.64. The summed E-state index contributed by atoms with van der Waals surface area (Å²) in [6.07, 6.45) is 0.472. The number of carboxylic acids is 1. The first kappa shape index (κ1) is 12.6. The molecule has 96 valence electrons. The fraction of sp³-hybridized carbons (Fsp3) is 0.429. The third kappa shape index (κ3) is 2.37. The molecule has 1 aliphatic rings. The van der Waals surface area contributed by atoms with E-state index in [1.807, 2.05) is 37.3 Å². The van der Waals surface area contributed by atoms with E-state index in [1.54, 1.807) is 11.9 Å². The predicted octanol–water partition coefficient (Wildman–Crippen LogP) is 1.93. The Morgan fingerprint density at radius 3 is 2.39 bits per heavy atom. The lowest BCUT2D eigenvalue weighted by atomic mass is 10.1. The third-order valence-corrected chi connectivity index (χ3v) is 3.64. The van der Waals surface area contributed by atoms with Crippen molar-refractivity contribution in [3.8, 4) is 0 Å². The maximum Gasteiger partial charge on any atom is 0.307 e. The van der Waals surface area contributed by atoms with Gasteiger partial charge in [0.1, 0.15) is 0 Å². The van der Waals surface area contributed by atoms with Crippen LogP contribution in [0.5, 0.6) is 0 Å². The van der Waals surface area contributed by atoms with Gasteiger partial charge in [0.25, 0.3) is 0 Å². The molecule has 4 nitrogen and oxygen atoms in total. The predicted molar refractivity (Wildman–Crippen MR) is 66.9 cm³/mol. The Hall–Kier alpha value is -1.84. The summed E-state index contributed by atoms with van der Waals surface area (Å²) in [7, 11) is 1.73. The molecule has 1 saturated carbocycles. The first-order valence-electron chi connectivity index (χ1n) is 6.06. The highest BCUT2D eigenvalue weighted by atomic mass is 16.4. The molecule has 1 aromatic carbocycles. The molecule has 0 radical (unpaired) electrons. The number of nitrogens with zero attached hydrogens (tertiary/aromatic N) is 1. The van der Waals surface area contributed by atoms with E-state index < -0.39 is 11.9 Å². The summed E-state index contributed by atoms with van der Waals surface area (Å²) in [4.78, 5) is 24.5. The van der Waals surface area contributed by atoms with Gasteiger partial charge in [-0.25, -0.2) is 0 Å². The molecule has 2 rings (SSSR count). The molecule has 0 heterocycles. The van der Waals surface area contributed by atoms with Gasteiger partial charge in [0, 0.05) is 7.05 Å². The highest BCUT2D eigenvalue weighted by Gasteiger charge is 2.49. The van der Waals surface area contributed by atoms with Crippen molar-refractivity contribution >= 4 is 11.9 Å². The largest absolute Gasteiger partial charge is 0.481 e. The van der Waals surface area contributed by atoms with E-state index in [1.165, 1.54) is 0 Å². The fourth-order valence-electron chi connectivity index (χ4n) is 2.15. The van der Waals surface area contributed by atoms with Crippen LogP contribution in [0.2, 0.25) is 0 Å². The van der Waals surface area contributed by atoms with E-state index in [2.05, 4.69) is 0 Å². The van der Waals surface area contributed by atoms with Gasteiger partial charge in [-0.15, -0.1) is 0 Å². The molecule has 3 unspecified atom stereocenters. The van der Waals surface area contributed by atoms with Gasteiger partial charge in [0.05, 0.1) is 17.9 Å². The summed E-state index contributed by atoms with van der Waals surface area (Å²) in [5, 5.41) is 8.84. The zero-order valence-electron chi connectivity index (χ0n) is 10.5. The summed E-state index contributed by atoms with van der Waals surface area (Å²) in [6, 6.07) is 9.70. The number of carbonyl (C=O) groups excluding carboxylic acids is 1. The van der Waals surface area contributed by atoms with Crippen LogP contribution in [-0.4, -0.2) is 28.9 Å². The van der Waals surface area contributed by atoms with Crippen LogP contribution >= 0.6 is 0 Å². The van der Waals surface area contributed by atoms with Crippen LogP contribution in [0.25, 0.3) is 0 Å². The second kappa shape index (κ2) is 4.80. The average Bonchev–Trinajstić information content (AvgIpc) is 3.17. The Labute approximate surface area is 106 Å². The number of hydrogen-bond acceptors (Lipinski definition) is 2. The van der Waals surface area contributed by atoms with Crippen molar-refractivity contribution in [2.45, 2.75) is 19.4 Å². The van der Waals surface area contributed by atoms with Crippen LogP contribution in [0.3, 0.4) is 0 Å². The number of benzene rings is 1. The Balaban J connectivity index is 2.02. The Kier molecular flexibility index (Phi) is 3.36. The van der Waals surface area contributed by atoms with Gasteiger partial charge in [0.15, 0.2) is 0 Å². The van der Waals surface area contributed by atoms with Crippen LogP contribution in [0.1, 0.15) is 24.9 Å². The molecular weight excluding hydrogens is 230 g/mol. The van der Waals surface area contributed by atoms with Gasteiger partial charge in [0.2, 0.25) is 5.91 Å². The maximum absolute atomic E-state index is 12.1. The van der Waals surface area contributed by atoms with E-state index in [-0.39, 0.29) is 17.9 Å². The van der Waals surface area contributed by atoms with Crippen molar-refractivity contribution in [2.24, 2.45) is 11.8 Å². The standard InChI is InChI=1S/C14H17NO3/c1-9(10-6-4-3-5-7-10)15(2)13(16)11-8-12(11)14(17)18/h3-7,9,11-12H,8H2,1-2H3,(H,17,18). The van der Waals surface area contributed by atoms with Crippen molar-refractivity contribution in [2.75, 3.05) is 7.05 Å². The number of aliphatic carboxylic acids is 1. The molecule has 0 saturated heterocycles. The van der Waals surface area contributed by atoms with Crippen molar-refractivity contribution in [3.05, 3.63) is 35.9 Å². The van der Waals surface area contributed by atoms with Crippen molar-refractivity contribution in [1.82, 2.24) is 4.90 Å². The fourth-order valence-corrected chi connectivity index (χ4v) is 2.15. The minimum Gasteiger partial charge on any atom is -0.481 e. The zero-order chi connectivity index (χ0) is 13.3. The van der Waals surface area contributed by atoms with Crippen LogP contribution < -0.4 is 0 Å². The smallest absolute Gasteiger partial charge is 0.307 e. The normalized spacial score (nSPS) is 23.2. The van der Waals surface area contributed by atoms with E-state index >= 15 is 0 Å². The topological polar surface area (TPSA) is 57.6 Å². The second-order valence-corrected chi connectivity index (χ2v) is 4.82. The zero-order valence-corrected chi connectivity index (χ0v) is 10.5. The van der Waals surface area contributed by atoms with E-state index in [0.717, 1.165) is 5.56 Å². The molecule has 1 amide bonds. The molecule has 18 heavy (non-hydrogen) atoms. The second-order valence-electron chi connectivity index (χ2n) is 4.82. The van der Waals surface area contributed by atoms with E-state index in [9.17, 15) is 9.59 Å². The minimum atomic E-state index is -0.867. The molecule has 0 spiro atoms. The summed E-state index contributed by atoms with van der Waals surface area (Å²) < 4.78 is 0. The summed E-state index contributed by atoms with van der Waals surface area (Å²) in [5.74, 6) is -1.76. The van der Waals surface area contributed by atoms with Crippen molar-refractivity contribution in [3.63, 3.8) is 0 Å². The molecule has 1 aromatic rings.